The number of para-hydroxylation sites is 1. The summed E-state index contributed by atoms with van der Waals surface area (Å²) in [4.78, 5) is 15.0. The number of ether oxygens (including phenoxy) is 2. The quantitative estimate of drug-likeness (QED) is 0.711. The Balaban J connectivity index is 1.58. The first-order chi connectivity index (χ1) is 13.6. The summed E-state index contributed by atoms with van der Waals surface area (Å²) in [5, 5.41) is 3.42. The minimum atomic E-state index is -0.152. The van der Waals surface area contributed by atoms with Gasteiger partial charge < -0.3 is 19.7 Å². The van der Waals surface area contributed by atoms with E-state index in [0.29, 0.717) is 41.2 Å². The minimum absolute atomic E-state index is 0.152. The Bertz CT molecular complexity index is 798. The van der Waals surface area contributed by atoms with Crippen molar-refractivity contribution >= 4 is 23.2 Å². The van der Waals surface area contributed by atoms with Crippen molar-refractivity contribution in [2.75, 3.05) is 38.3 Å². The van der Waals surface area contributed by atoms with Crippen LogP contribution in [0.5, 0.6) is 11.5 Å². The fraction of sp³-hybridized carbons (Fsp3) is 0.409. The summed E-state index contributed by atoms with van der Waals surface area (Å²) in [6.45, 7) is 5.15. The van der Waals surface area contributed by atoms with Gasteiger partial charge in [-0.3, -0.25) is 4.79 Å². The predicted molar refractivity (Wildman–Crippen MR) is 113 cm³/mol. The molecule has 1 aliphatic rings. The smallest absolute Gasteiger partial charge is 0.251 e. The number of rotatable bonds is 8. The first-order valence-electron chi connectivity index (χ1n) is 9.71. The zero-order valence-corrected chi connectivity index (χ0v) is 17.2. The van der Waals surface area contributed by atoms with Crippen LogP contribution >= 0.6 is 11.6 Å². The van der Waals surface area contributed by atoms with E-state index < -0.39 is 0 Å². The molecule has 0 bridgehead atoms. The topological polar surface area (TPSA) is 50.8 Å². The average molecular weight is 403 g/mol. The Hall–Kier alpha value is -2.40. The van der Waals surface area contributed by atoms with Crippen molar-refractivity contribution in [1.82, 2.24) is 5.32 Å². The molecule has 0 radical (unpaired) electrons. The molecule has 1 heterocycles. The number of benzene rings is 2. The van der Waals surface area contributed by atoms with Crippen molar-refractivity contribution in [3.8, 4) is 11.5 Å². The molecule has 1 unspecified atom stereocenters. The van der Waals surface area contributed by atoms with Gasteiger partial charge in [-0.2, -0.15) is 0 Å². The predicted octanol–water partition coefficient (Wildman–Crippen LogP) is 4.39. The van der Waals surface area contributed by atoms with E-state index in [2.05, 4.69) is 34.5 Å². The molecule has 2 aromatic carbocycles. The lowest BCUT2D eigenvalue weighted by atomic mass is 10.1. The van der Waals surface area contributed by atoms with Gasteiger partial charge in [-0.1, -0.05) is 36.7 Å². The van der Waals surface area contributed by atoms with Gasteiger partial charge in [0.25, 0.3) is 5.91 Å². The van der Waals surface area contributed by atoms with Gasteiger partial charge in [-0.05, 0) is 43.0 Å². The summed E-state index contributed by atoms with van der Waals surface area (Å²) < 4.78 is 11.0. The number of hydrogen-bond donors (Lipinski definition) is 1. The Labute approximate surface area is 171 Å². The maximum absolute atomic E-state index is 12.6. The highest BCUT2D eigenvalue weighted by atomic mass is 35.5. The van der Waals surface area contributed by atoms with Crippen LogP contribution in [0, 0.1) is 5.92 Å². The normalized spacial score (nSPS) is 16.1. The van der Waals surface area contributed by atoms with Gasteiger partial charge in [0.15, 0.2) is 11.5 Å². The number of anilines is 1. The minimum Gasteiger partial charge on any atom is -0.493 e. The van der Waals surface area contributed by atoms with Crippen molar-refractivity contribution < 1.29 is 14.3 Å². The molecule has 28 heavy (non-hydrogen) atoms. The van der Waals surface area contributed by atoms with Crippen LogP contribution in [0.15, 0.2) is 42.5 Å². The fourth-order valence-corrected chi connectivity index (χ4v) is 3.67. The van der Waals surface area contributed by atoms with Crippen LogP contribution in [-0.2, 0) is 0 Å². The van der Waals surface area contributed by atoms with Crippen LogP contribution < -0.4 is 19.7 Å². The maximum Gasteiger partial charge on any atom is 0.251 e. The maximum atomic E-state index is 12.6. The summed E-state index contributed by atoms with van der Waals surface area (Å²) in [6, 6.07) is 13.7. The summed E-state index contributed by atoms with van der Waals surface area (Å²) in [7, 11) is 1.54. The van der Waals surface area contributed by atoms with Gasteiger partial charge in [0, 0.05) is 30.9 Å². The van der Waals surface area contributed by atoms with Crippen molar-refractivity contribution in [3.05, 3.63) is 53.1 Å². The third kappa shape index (κ3) is 4.90. The second kappa shape index (κ2) is 9.69. The molecule has 3 rings (SSSR count). The fourth-order valence-electron chi connectivity index (χ4n) is 3.41. The Morgan fingerprint density at radius 3 is 2.79 bits per heavy atom. The number of halogens is 1. The largest absolute Gasteiger partial charge is 0.493 e. The molecule has 1 saturated heterocycles. The molecular formula is C22H27ClN2O3. The SMILES string of the molecule is CCCOc1c(Cl)cc(C(=O)NCC2CCN(c3ccccc3)C2)cc1OC. The van der Waals surface area contributed by atoms with Crippen molar-refractivity contribution in [1.29, 1.82) is 0 Å². The molecule has 1 fully saturated rings. The average Bonchev–Trinajstić information content (AvgIpc) is 3.20. The number of carbonyl (C=O) groups excluding carboxylic acids is 1. The lowest BCUT2D eigenvalue weighted by Gasteiger charge is -2.19. The molecule has 150 valence electrons. The summed E-state index contributed by atoms with van der Waals surface area (Å²) >= 11 is 6.32. The standard InChI is InChI=1S/C22H27ClN2O3/c1-3-11-28-21-19(23)12-17(13-20(21)27-2)22(26)24-14-16-9-10-25(15-16)18-7-5-4-6-8-18/h4-8,12-13,16H,3,9-11,14-15H2,1-2H3,(H,24,26). The van der Waals surface area contributed by atoms with Crippen molar-refractivity contribution in [3.63, 3.8) is 0 Å². The number of nitrogens with one attached hydrogen (secondary N) is 1. The zero-order chi connectivity index (χ0) is 19.9. The number of nitrogens with zero attached hydrogens (tertiary/aromatic N) is 1. The molecule has 1 N–H and O–H groups in total. The van der Waals surface area contributed by atoms with E-state index in [4.69, 9.17) is 21.1 Å². The van der Waals surface area contributed by atoms with Gasteiger partial charge in [0.1, 0.15) is 0 Å². The van der Waals surface area contributed by atoms with Crippen LogP contribution in [0.2, 0.25) is 5.02 Å². The molecule has 0 saturated carbocycles. The molecule has 0 spiro atoms. The monoisotopic (exact) mass is 402 g/mol. The second-order valence-electron chi connectivity index (χ2n) is 6.98. The third-order valence-corrected chi connectivity index (χ3v) is 5.18. The van der Waals surface area contributed by atoms with Crippen molar-refractivity contribution in [2.24, 2.45) is 5.92 Å². The van der Waals surface area contributed by atoms with Crippen LogP contribution in [0.4, 0.5) is 5.69 Å². The van der Waals surface area contributed by atoms with E-state index in [-0.39, 0.29) is 5.91 Å². The van der Waals surface area contributed by atoms with E-state index in [1.807, 2.05) is 13.0 Å². The summed E-state index contributed by atoms with van der Waals surface area (Å²) in [6.07, 6.45) is 1.92. The van der Waals surface area contributed by atoms with E-state index in [0.717, 1.165) is 25.9 Å². The van der Waals surface area contributed by atoms with Crippen molar-refractivity contribution in [2.45, 2.75) is 19.8 Å². The van der Waals surface area contributed by atoms with Crippen LogP contribution in [0.3, 0.4) is 0 Å². The summed E-state index contributed by atoms with van der Waals surface area (Å²) in [5.74, 6) is 1.23. The molecule has 5 nitrogen and oxygen atoms in total. The van der Waals surface area contributed by atoms with Crippen LogP contribution in [-0.4, -0.2) is 39.3 Å². The van der Waals surface area contributed by atoms with Crippen LogP contribution in [0.25, 0.3) is 0 Å². The van der Waals surface area contributed by atoms with Gasteiger partial charge in [0.2, 0.25) is 0 Å². The summed E-state index contributed by atoms with van der Waals surface area (Å²) in [5.41, 5.74) is 1.71. The highest BCUT2D eigenvalue weighted by Crippen LogP contribution is 2.36. The molecule has 1 aliphatic heterocycles. The van der Waals surface area contributed by atoms with E-state index in [1.165, 1.54) is 5.69 Å². The number of methoxy groups -OCH3 is 1. The Kier molecular flexibility index (Phi) is 7.04. The zero-order valence-electron chi connectivity index (χ0n) is 16.4. The molecule has 1 atom stereocenters. The first-order valence-corrected chi connectivity index (χ1v) is 10.1. The van der Waals surface area contributed by atoms with Gasteiger partial charge in [-0.25, -0.2) is 0 Å². The number of carbonyl (C=O) groups is 1. The molecule has 0 aliphatic carbocycles. The Morgan fingerprint density at radius 1 is 1.29 bits per heavy atom. The van der Waals surface area contributed by atoms with Gasteiger partial charge >= 0.3 is 0 Å². The van der Waals surface area contributed by atoms with E-state index in [1.54, 1.807) is 19.2 Å². The van der Waals surface area contributed by atoms with Crippen LogP contribution in [0.1, 0.15) is 30.1 Å². The highest BCUT2D eigenvalue weighted by Gasteiger charge is 2.23. The lowest BCUT2D eigenvalue weighted by molar-refractivity contribution is 0.0948. The lowest BCUT2D eigenvalue weighted by Crippen LogP contribution is -2.31. The van der Waals surface area contributed by atoms with Gasteiger partial charge in [0.05, 0.1) is 18.7 Å². The highest BCUT2D eigenvalue weighted by molar-refractivity contribution is 6.32. The molecule has 6 heteroatoms. The van der Waals surface area contributed by atoms with E-state index in [9.17, 15) is 4.79 Å². The number of amides is 1. The number of hydrogen-bond acceptors (Lipinski definition) is 4. The molecular weight excluding hydrogens is 376 g/mol. The molecule has 1 amide bonds. The first kappa shape index (κ1) is 20.3. The van der Waals surface area contributed by atoms with E-state index >= 15 is 0 Å². The third-order valence-electron chi connectivity index (χ3n) is 4.90. The second-order valence-corrected chi connectivity index (χ2v) is 7.39. The van der Waals surface area contributed by atoms with Gasteiger partial charge in [-0.15, -0.1) is 0 Å². The Morgan fingerprint density at radius 2 is 2.07 bits per heavy atom. The molecule has 2 aromatic rings. The molecule has 0 aromatic heterocycles.